The van der Waals surface area contributed by atoms with E-state index in [2.05, 4.69) is 19.9 Å². The molecule has 0 aromatic heterocycles. The van der Waals surface area contributed by atoms with Gasteiger partial charge in [0.2, 0.25) is 0 Å². The molecule has 0 spiro atoms. The van der Waals surface area contributed by atoms with Crippen molar-refractivity contribution in [3.8, 4) is 6.07 Å². The minimum atomic E-state index is 0.735. The fourth-order valence-electron chi connectivity index (χ4n) is 1.23. The summed E-state index contributed by atoms with van der Waals surface area (Å²) in [6.45, 7) is 4.41. The van der Waals surface area contributed by atoms with Crippen molar-refractivity contribution in [2.24, 2.45) is 5.92 Å². The van der Waals surface area contributed by atoms with Gasteiger partial charge in [-0.3, -0.25) is 0 Å². The van der Waals surface area contributed by atoms with Crippen molar-refractivity contribution < 1.29 is 0 Å². The zero-order valence-corrected chi connectivity index (χ0v) is 7.06. The van der Waals surface area contributed by atoms with E-state index in [1.165, 1.54) is 19.3 Å². The van der Waals surface area contributed by atoms with Crippen molar-refractivity contribution in [2.45, 2.75) is 46.0 Å². The number of hydrogen-bond donors (Lipinski definition) is 0. The Kier molecular flexibility index (Phi) is 6.27. The molecule has 1 nitrogen and oxygen atoms in total. The summed E-state index contributed by atoms with van der Waals surface area (Å²) in [6, 6.07) is 2.19. The van der Waals surface area contributed by atoms with Crippen molar-refractivity contribution in [3.05, 3.63) is 0 Å². The lowest BCUT2D eigenvalue weighted by Gasteiger charge is -2.09. The molecule has 0 bridgehead atoms. The number of nitriles is 1. The highest BCUT2D eigenvalue weighted by Crippen LogP contribution is 2.16. The lowest BCUT2D eigenvalue weighted by atomic mass is 9.96. The molecule has 0 amide bonds. The van der Waals surface area contributed by atoms with Gasteiger partial charge >= 0.3 is 0 Å². The zero-order valence-electron chi connectivity index (χ0n) is 7.06. The molecular weight excluding hydrogens is 122 g/mol. The molecule has 0 aliphatic rings. The van der Waals surface area contributed by atoms with E-state index in [0.29, 0.717) is 0 Å². The minimum Gasteiger partial charge on any atom is -0.198 e. The van der Waals surface area contributed by atoms with E-state index < -0.39 is 0 Å². The molecule has 0 radical (unpaired) electrons. The van der Waals surface area contributed by atoms with E-state index in [4.69, 9.17) is 5.26 Å². The molecule has 0 heterocycles. The van der Waals surface area contributed by atoms with Crippen LogP contribution in [-0.2, 0) is 0 Å². The van der Waals surface area contributed by atoms with Gasteiger partial charge in [-0.05, 0) is 12.3 Å². The van der Waals surface area contributed by atoms with Gasteiger partial charge in [0.15, 0.2) is 0 Å². The summed E-state index contributed by atoms with van der Waals surface area (Å²) < 4.78 is 0. The molecule has 0 aliphatic heterocycles. The number of hydrogen-bond acceptors (Lipinski definition) is 1. The maximum absolute atomic E-state index is 8.33. The number of nitrogens with zero attached hydrogens (tertiary/aromatic N) is 1. The Morgan fingerprint density at radius 3 is 2.40 bits per heavy atom. The third-order valence-corrected chi connectivity index (χ3v) is 1.94. The van der Waals surface area contributed by atoms with Gasteiger partial charge in [-0.25, -0.2) is 0 Å². The SMILES string of the molecule is CCCC(CC)CCC#N. The molecular formula is C9H17N. The first-order valence-electron chi connectivity index (χ1n) is 4.22. The molecule has 0 rings (SSSR count). The summed E-state index contributed by atoms with van der Waals surface area (Å²) in [5, 5.41) is 8.33. The van der Waals surface area contributed by atoms with E-state index in [0.717, 1.165) is 18.8 Å². The van der Waals surface area contributed by atoms with Crippen LogP contribution < -0.4 is 0 Å². The third kappa shape index (κ3) is 4.38. The van der Waals surface area contributed by atoms with Gasteiger partial charge in [-0.1, -0.05) is 33.1 Å². The lowest BCUT2D eigenvalue weighted by Crippen LogP contribution is -1.96. The monoisotopic (exact) mass is 139 g/mol. The summed E-state index contributed by atoms with van der Waals surface area (Å²) in [5.74, 6) is 0.796. The smallest absolute Gasteiger partial charge is 0.0621 e. The summed E-state index contributed by atoms with van der Waals surface area (Å²) in [5.41, 5.74) is 0. The molecule has 58 valence electrons. The first-order valence-corrected chi connectivity index (χ1v) is 4.22. The summed E-state index contributed by atoms with van der Waals surface area (Å²) in [4.78, 5) is 0. The zero-order chi connectivity index (χ0) is 7.82. The molecule has 0 aliphatic carbocycles. The van der Waals surface area contributed by atoms with Gasteiger partial charge in [0.1, 0.15) is 0 Å². The van der Waals surface area contributed by atoms with Gasteiger partial charge in [-0.2, -0.15) is 5.26 Å². The van der Waals surface area contributed by atoms with Gasteiger partial charge in [0, 0.05) is 6.42 Å². The fourth-order valence-corrected chi connectivity index (χ4v) is 1.23. The van der Waals surface area contributed by atoms with Crippen LogP contribution in [0.2, 0.25) is 0 Å². The van der Waals surface area contributed by atoms with Crippen LogP contribution in [-0.4, -0.2) is 0 Å². The van der Waals surface area contributed by atoms with Crippen LogP contribution in [0.15, 0.2) is 0 Å². The van der Waals surface area contributed by atoms with Crippen molar-refractivity contribution in [3.63, 3.8) is 0 Å². The highest BCUT2D eigenvalue weighted by molar-refractivity contribution is 4.71. The first kappa shape index (κ1) is 9.49. The molecule has 10 heavy (non-hydrogen) atoms. The normalized spacial score (nSPS) is 12.5. The van der Waals surface area contributed by atoms with E-state index >= 15 is 0 Å². The Balaban J connectivity index is 3.32. The van der Waals surface area contributed by atoms with E-state index in [1.54, 1.807) is 0 Å². The molecule has 0 fully saturated rings. The van der Waals surface area contributed by atoms with Crippen molar-refractivity contribution >= 4 is 0 Å². The van der Waals surface area contributed by atoms with Crippen LogP contribution in [0.1, 0.15) is 46.0 Å². The predicted octanol–water partition coefficient (Wildman–Crippen LogP) is 3.12. The van der Waals surface area contributed by atoms with Gasteiger partial charge < -0.3 is 0 Å². The predicted molar refractivity (Wildman–Crippen MR) is 43.5 cm³/mol. The minimum absolute atomic E-state index is 0.735. The third-order valence-electron chi connectivity index (χ3n) is 1.94. The van der Waals surface area contributed by atoms with Gasteiger partial charge in [0.05, 0.1) is 6.07 Å². The van der Waals surface area contributed by atoms with Crippen LogP contribution >= 0.6 is 0 Å². The molecule has 0 aromatic rings. The highest BCUT2D eigenvalue weighted by Gasteiger charge is 2.02. The van der Waals surface area contributed by atoms with E-state index in [-0.39, 0.29) is 0 Å². The Morgan fingerprint density at radius 1 is 1.30 bits per heavy atom. The first-order chi connectivity index (χ1) is 4.85. The fraction of sp³-hybridized carbons (Fsp3) is 0.889. The van der Waals surface area contributed by atoms with Crippen LogP contribution in [0.25, 0.3) is 0 Å². The molecule has 0 aromatic carbocycles. The van der Waals surface area contributed by atoms with Crippen molar-refractivity contribution in [2.75, 3.05) is 0 Å². The molecule has 0 saturated heterocycles. The maximum Gasteiger partial charge on any atom is 0.0621 e. The van der Waals surface area contributed by atoms with Crippen LogP contribution in [0.4, 0.5) is 0 Å². The Morgan fingerprint density at radius 2 is 2.00 bits per heavy atom. The van der Waals surface area contributed by atoms with Crippen LogP contribution in [0.5, 0.6) is 0 Å². The average molecular weight is 139 g/mol. The van der Waals surface area contributed by atoms with Crippen molar-refractivity contribution in [1.29, 1.82) is 5.26 Å². The molecule has 1 heteroatoms. The van der Waals surface area contributed by atoms with Crippen LogP contribution in [0.3, 0.4) is 0 Å². The largest absolute Gasteiger partial charge is 0.198 e. The highest BCUT2D eigenvalue weighted by atomic mass is 14.2. The Hall–Kier alpha value is -0.510. The van der Waals surface area contributed by atoms with Gasteiger partial charge in [0.25, 0.3) is 0 Å². The van der Waals surface area contributed by atoms with Crippen LogP contribution in [0, 0.1) is 17.2 Å². The van der Waals surface area contributed by atoms with Crippen molar-refractivity contribution in [1.82, 2.24) is 0 Å². The van der Waals surface area contributed by atoms with Gasteiger partial charge in [-0.15, -0.1) is 0 Å². The molecule has 0 N–H and O–H groups in total. The summed E-state index contributed by atoms with van der Waals surface area (Å²) in [7, 11) is 0. The Labute approximate surface area is 64.1 Å². The van der Waals surface area contributed by atoms with E-state index in [9.17, 15) is 0 Å². The molecule has 1 unspecified atom stereocenters. The standard InChI is InChI=1S/C9H17N/c1-3-6-9(4-2)7-5-8-10/h9H,3-7H2,1-2H3. The quantitative estimate of drug-likeness (QED) is 0.574. The second-order valence-corrected chi connectivity index (χ2v) is 2.76. The molecule has 1 atom stereocenters. The second kappa shape index (κ2) is 6.61. The van der Waals surface area contributed by atoms with E-state index in [1.807, 2.05) is 0 Å². The topological polar surface area (TPSA) is 23.8 Å². The summed E-state index contributed by atoms with van der Waals surface area (Å²) >= 11 is 0. The number of rotatable bonds is 5. The average Bonchev–Trinajstić information content (AvgIpc) is 1.98. The summed E-state index contributed by atoms with van der Waals surface area (Å²) in [6.07, 6.45) is 5.61. The molecule has 0 saturated carbocycles. The Bertz CT molecular complexity index is 102. The maximum atomic E-state index is 8.33. The lowest BCUT2D eigenvalue weighted by molar-refractivity contribution is 0.437. The second-order valence-electron chi connectivity index (χ2n) is 2.76.